The van der Waals surface area contributed by atoms with E-state index in [-0.39, 0.29) is 0 Å². The molecule has 0 aromatic carbocycles. The first-order valence-electron chi connectivity index (χ1n) is 7.28. The second-order valence-electron chi connectivity index (χ2n) is 5.44. The molecule has 3 heterocycles. The SMILES string of the molecule is CCN(C)[C@@H]1CCN(c2ccc(-n3cnc(Br)c3)nc2)C1. The van der Waals surface area contributed by atoms with Gasteiger partial charge in [-0.05, 0) is 48.1 Å². The van der Waals surface area contributed by atoms with Gasteiger partial charge in [-0.25, -0.2) is 9.97 Å². The Morgan fingerprint density at radius 2 is 2.24 bits per heavy atom. The van der Waals surface area contributed by atoms with Crippen molar-refractivity contribution in [2.24, 2.45) is 0 Å². The molecule has 5 nitrogen and oxygen atoms in total. The van der Waals surface area contributed by atoms with Crippen LogP contribution >= 0.6 is 15.9 Å². The molecule has 0 unspecified atom stereocenters. The van der Waals surface area contributed by atoms with E-state index < -0.39 is 0 Å². The van der Waals surface area contributed by atoms with E-state index >= 15 is 0 Å². The fraction of sp³-hybridized carbons (Fsp3) is 0.467. The molecule has 1 saturated heterocycles. The minimum atomic E-state index is 0.652. The van der Waals surface area contributed by atoms with E-state index in [2.05, 4.69) is 55.7 Å². The number of imidazole rings is 1. The second kappa shape index (κ2) is 6.15. The summed E-state index contributed by atoms with van der Waals surface area (Å²) in [5.41, 5.74) is 1.20. The number of halogens is 1. The number of anilines is 1. The summed E-state index contributed by atoms with van der Waals surface area (Å²) < 4.78 is 2.73. The van der Waals surface area contributed by atoms with E-state index in [9.17, 15) is 0 Å². The molecule has 0 saturated carbocycles. The Morgan fingerprint density at radius 3 is 2.86 bits per heavy atom. The van der Waals surface area contributed by atoms with E-state index in [0.717, 1.165) is 30.1 Å². The quantitative estimate of drug-likeness (QED) is 0.849. The van der Waals surface area contributed by atoms with Gasteiger partial charge in [-0.1, -0.05) is 6.92 Å². The lowest BCUT2D eigenvalue weighted by Gasteiger charge is -2.23. The fourth-order valence-electron chi connectivity index (χ4n) is 2.74. The molecule has 0 aliphatic carbocycles. The van der Waals surface area contributed by atoms with Gasteiger partial charge in [0.05, 0.1) is 11.9 Å². The van der Waals surface area contributed by atoms with E-state index in [0.29, 0.717) is 6.04 Å². The molecule has 2 aromatic heterocycles. The molecule has 6 heteroatoms. The molecule has 21 heavy (non-hydrogen) atoms. The molecule has 1 aliphatic rings. The van der Waals surface area contributed by atoms with Crippen LogP contribution in [-0.4, -0.2) is 52.2 Å². The average Bonchev–Trinajstić information content (AvgIpc) is 3.16. The summed E-state index contributed by atoms with van der Waals surface area (Å²) in [5.74, 6) is 0.887. The summed E-state index contributed by atoms with van der Waals surface area (Å²) in [6, 6.07) is 4.84. The Balaban J connectivity index is 1.70. The highest BCUT2D eigenvalue weighted by Crippen LogP contribution is 2.22. The highest BCUT2D eigenvalue weighted by Gasteiger charge is 2.25. The molecular weight excluding hydrogens is 330 g/mol. The van der Waals surface area contributed by atoms with Crippen LogP contribution in [0.15, 0.2) is 35.5 Å². The van der Waals surface area contributed by atoms with Gasteiger partial charge in [-0.2, -0.15) is 0 Å². The summed E-state index contributed by atoms with van der Waals surface area (Å²) in [6.07, 6.45) is 6.84. The van der Waals surface area contributed by atoms with Crippen LogP contribution in [-0.2, 0) is 0 Å². The zero-order valence-electron chi connectivity index (χ0n) is 12.4. The van der Waals surface area contributed by atoms with E-state index in [1.807, 2.05) is 23.0 Å². The van der Waals surface area contributed by atoms with Gasteiger partial charge in [-0.15, -0.1) is 0 Å². The van der Waals surface area contributed by atoms with Crippen LogP contribution in [0.2, 0.25) is 0 Å². The number of aromatic nitrogens is 3. The van der Waals surface area contributed by atoms with Crippen LogP contribution in [0.3, 0.4) is 0 Å². The zero-order chi connectivity index (χ0) is 14.8. The Hall–Kier alpha value is -1.40. The van der Waals surface area contributed by atoms with Gasteiger partial charge in [0.2, 0.25) is 0 Å². The second-order valence-corrected chi connectivity index (χ2v) is 6.25. The van der Waals surface area contributed by atoms with Crippen molar-refractivity contribution in [2.75, 3.05) is 31.6 Å². The van der Waals surface area contributed by atoms with Gasteiger partial charge in [0, 0.05) is 25.3 Å². The Kier molecular flexibility index (Phi) is 4.26. The zero-order valence-corrected chi connectivity index (χ0v) is 14.0. The average molecular weight is 350 g/mol. The number of rotatable bonds is 4. The predicted molar refractivity (Wildman–Crippen MR) is 88.0 cm³/mol. The molecule has 1 aliphatic heterocycles. The van der Waals surface area contributed by atoms with E-state index in [4.69, 9.17) is 0 Å². The van der Waals surface area contributed by atoms with Gasteiger partial charge in [0.25, 0.3) is 0 Å². The van der Waals surface area contributed by atoms with Gasteiger partial charge >= 0.3 is 0 Å². The number of likely N-dealkylation sites (N-methyl/N-ethyl adjacent to an activating group) is 1. The highest BCUT2D eigenvalue weighted by molar-refractivity contribution is 9.10. The minimum Gasteiger partial charge on any atom is -0.369 e. The molecule has 2 aromatic rings. The topological polar surface area (TPSA) is 37.2 Å². The molecule has 0 spiro atoms. The van der Waals surface area contributed by atoms with Crippen molar-refractivity contribution in [3.05, 3.63) is 35.5 Å². The maximum Gasteiger partial charge on any atom is 0.137 e. The van der Waals surface area contributed by atoms with Crippen molar-refractivity contribution < 1.29 is 0 Å². The van der Waals surface area contributed by atoms with Crippen molar-refractivity contribution in [2.45, 2.75) is 19.4 Å². The molecular formula is C15H20BrN5. The minimum absolute atomic E-state index is 0.652. The Morgan fingerprint density at radius 1 is 1.38 bits per heavy atom. The van der Waals surface area contributed by atoms with Crippen molar-refractivity contribution in [3.63, 3.8) is 0 Å². The van der Waals surface area contributed by atoms with E-state index in [1.54, 1.807) is 6.33 Å². The van der Waals surface area contributed by atoms with Crippen molar-refractivity contribution in [1.29, 1.82) is 0 Å². The first kappa shape index (κ1) is 14.5. The van der Waals surface area contributed by atoms with Crippen LogP contribution in [0, 0.1) is 0 Å². The summed E-state index contributed by atoms with van der Waals surface area (Å²) in [4.78, 5) is 13.5. The maximum atomic E-state index is 4.54. The van der Waals surface area contributed by atoms with Crippen LogP contribution in [0.4, 0.5) is 5.69 Å². The fourth-order valence-corrected chi connectivity index (χ4v) is 3.05. The third-order valence-electron chi connectivity index (χ3n) is 4.20. The lowest BCUT2D eigenvalue weighted by atomic mass is 10.2. The summed E-state index contributed by atoms with van der Waals surface area (Å²) >= 11 is 3.35. The van der Waals surface area contributed by atoms with Crippen molar-refractivity contribution in [1.82, 2.24) is 19.4 Å². The lowest BCUT2D eigenvalue weighted by molar-refractivity contribution is 0.272. The van der Waals surface area contributed by atoms with Crippen LogP contribution in [0.25, 0.3) is 5.82 Å². The third kappa shape index (κ3) is 3.11. The Bertz CT molecular complexity index is 594. The van der Waals surface area contributed by atoms with Gasteiger partial charge in [0.1, 0.15) is 16.7 Å². The van der Waals surface area contributed by atoms with Gasteiger partial charge in [-0.3, -0.25) is 4.57 Å². The highest BCUT2D eigenvalue weighted by atomic mass is 79.9. The first-order chi connectivity index (χ1) is 10.2. The molecule has 112 valence electrons. The molecule has 0 radical (unpaired) electrons. The monoisotopic (exact) mass is 349 g/mol. The maximum absolute atomic E-state index is 4.54. The van der Waals surface area contributed by atoms with Gasteiger partial charge < -0.3 is 9.80 Å². The summed E-state index contributed by atoms with van der Waals surface area (Å²) in [5, 5.41) is 0. The Labute approximate surface area is 133 Å². The summed E-state index contributed by atoms with van der Waals surface area (Å²) in [6.45, 7) is 5.50. The molecule has 0 amide bonds. The first-order valence-corrected chi connectivity index (χ1v) is 8.07. The number of hydrogen-bond donors (Lipinski definition) is 0. The smallest absolute Gasteiger partial charge is 0.137 e. The summed E-state index contributed by atoms with van der Waals surface area (Å²) in [7, 11) is 2.20. The molecule has 1 fully saturated rings. The predicted octanol–water partition coefficient (Wildman–Crippen LogP) is 2.56. The normalized spacial score (nSPS) is 18.7. The van der Waals surface area contributed by atoms with Crippen LogP contribution < -0.4 is 4.90 Å². The third-order valence-corrected chi connectivity index (χ3v) is 4.61. The number of pyridine rings is 1. The standard InChI is InChI=1S/C15H20BrN5/c1-3-19(2)13-6-7-20(9-13)12-4-5-15(17-8-12)21-10-14(16)18-11-21/h4-5,8,10-11,13H,3,6-7,9H2,1-2H3/t13-/m1/s1. The van der Waals surface area contributed by atoms with Gasteiger partial charge in [0.15, 0.2) is 0 Å². The van der Waals surface area contributed by atoms with Crippen LogP contribution in [0.1, 0.15) is 13.3 Å². The molecule has 0 bridgehead atoms. The van der Waals surface area contributed by atoms with Crippen molar-refractivity contribution >= 4 is 21.6 Å². The number of nitrogens with zero attached hydrogens (tertiary/aromatic N) is 5. The lowest BCUT2D eigenvalue weighted by Crippen LogP contribution is -2.34. The molecule has 0 N–H and O–H groups in total. The molecule has 1 atom stereocenters. The molecule has 3 rings (SSSR count). The van der Waals surface area contributed by atoms with E-state index in [1.165, 1.54) is 12.1 Å². The van der Waals surface area contributed by atoms with Crippen LogP contribution in [0.5, 0.6) is 0 Å². The number of hydrogen-bond acceptors (Lipinski definition) is 4. The van der Waals surface area contributed by atoms with Crippen molar-refractivity contribution in [3.8, 4) is 5.82 Å². The largest absolute Gasteiger partial charge is 0.369 e.